The largest absolute Gasteiger partial charge is 0.381 e. The number of hydrogen-bond acceptors (Lipinski definition) is 10. The molecule has 8 heterocycles. The Labute approximate surface area is 390 Å². The van der Waals surface area contributed by atoms with Crippen LogP contribution in [0.3, 0.4) is 0 Å². The summed E-state index contributed by atoms with van der Waals surface area (Å²) >= 11 is 0. The number of hydrogen-bond donors (Lipinski definition) is 0. The summed E-state index contributed by atoms with van der Waals surface area (Å²) in [5.74, 6) is 1.86. The third-order valence-corrected chi connectivity index (χ3v) is 17.7. The van der Waals surface area contributed by atoms with Gasteiger partial charge in [-0.1, -0.05) is 12.1 Å². The Hall–Kier alpha value is -4.10. The zero-order valence-electron chi connectivity index (χ0n) is 38.9. The summed E-state index contributed by atoms with van der Waals surface area (Å²) in [6.07, 6.45) is 27.7. The molecule has 2 aliphatic carbocycles. The molecule has 2 atom stereocenters. The topological polar surface area (TPSA) is 83.0 Å². The number of nitrogens with zero attached hydrogens (tertiary/aromatic N) is 8. The summed E-state index contributed by atoms with van der Waals surface area (Å²) in [5.41, 5.74) is 8.61. The summed E-state index contributed by atoms with van der Waals surface area (Å²) in [6, 6.07) is 12.5. The first-order valence-electron chi connectivity index (χ1n) is 25.6. The molecule has 8 fully saturated rings. The fourth-order valence-corrected chi connectivity index (χ4v) is 14.1. The van der Waals surface area contributed by atoms with Gasteiger partial charge in [-0.3, -0.25) is 0 Å². The molecule has 12 rings (SSSR count). The van der Waals surface area contributed by atoms with Crippen molar-refractivity contribution in [1.82, 2.24) is 29.7 Å². The molecule has 8 aliphatic rings. The van der Waals surface area contributed by atoms with E-state index in [0.717, 1.165) is 142 Å². The maximum absolute atomic E-state index is 14.2. The zero-order valence-corrected chi connectivity index (χ0v) is 38.9. The van der Waals surface area contributed by atoms with Crippen LogP contribution in [0.15, 0.2) is 73.8 Å². The molecule has 0 amide bonds. The molecule has 352 valence electrons. The highest BCUT2D eigenvalue weighted by atomic mass is 19.1. The van der Waals surface area contributed by atoms with Crippen LogP contribution in [0.4, 0.5) is 20.2 Å². The molecule has 66 heavy (non-hydrogen) atoms. The summed E-state index contributed by atoms with van der Waals surface area (Å²) in [6.45, 7) is 12.5. The Balaban J connectivity index is 0.000000146. The monoisotopic (exact) mass is 901 g/mol. The Morgan fingerprint density at radius 1 is 0.455 bits per heavy atom. The lowest BCUT2D eigenvalue weighted by atomic mass is 9.77. The van der Waals surface area contributed by atoms with Gasteiger partial charge in [0, 0.05) is 75.5 Å². The molecule has 4 aromatic rings. The van der Waals surface area contributed by atoms with Crippen LogP contribution in [-0.4, -0.2) is 121 Å². The summed E-state index contributed by atoms with van der Waals surface area (Å²) in [7, 11) is 0. The highest BCUT2D eigenvalue weighted by Gasteiger charge is 2.51. The highest BCUT2D eigenvalue weighted by molar-refractivity contribution is 5.47. The summed E-state index contributed by atoms with van der Waals surface area (Å²) < 4.78 is 39.6. The van der Waals surface area contributed by atoms with Crippen molar-refractivity contribution in [3.8, 4) is 0 Å². The lowest BCUT2D eigenvalue weighted by molar-refractivity contribution is 0.0847. The van der Waals surface area contributed by atoms with Gasteiger partial charge in [0.15, 0.2) is 0 Å². The molecule has 6 saturated heterocycles. The lowest BCUT2D eigenvalue weighted by Crippen LogP contribution is -2.56. The number of halogens is 2. The third kappa shape index (κ3) is 9.50. The van der Waals surface area contributed by atoms with Gasteiger partial charge in [-0.25, -0.2) is 28.7 Å². The van der Waals surface area contributed by atoms with Gasteiger partial charge in [-0.05, 0) is 186 Å². The second kappa shape index (κ2) is 19.5. The number of anilines is 2. The van der Waals surface area contributed by atoms with Gasteiger partial charge in [0.05, 0.1) is 36.2 Å². The summed E-state index contributed by atoms with van der Waals surface area (Å²) in [5, 5.41) is 0. The maximum atomic E-state index is 14.2. The van der Waals surface area contributed by atoms with Crippen LogP contribution < -0.4 is 9.80 Å². The predicted molar refractivity (Wildman–Crippen MR) is 254 cm³/mol. The third-order valence-electron chi connectivity index (χ3n) is 17.7. The molecule has 0 N–H and O–H groups in total. The molecule has 2 aromatic heterocycles. The van der Waals surface area contributed by atoms with Gasteiger partial charge in [-0.2, -0.15) is 0 Å². The van der Waals surface area contributed by atoms with Crippen LogP contribution in [0.5, 0.6) is 0 Å². The number of rotatable bonds is 8. The smallest absolute Gasteiger partial charge is 0.123 e. The molecule has 2 aromatic carbocycles. The van der Waals surface area contributed by atoms with E-state index in [0.29, 0.717) is 46.6 Å². The van der Waals surface area contributed by atoms with Crippen LogP contribution in [0.1, 0.15) is 136 Å². The highest BCUT2D eigenvalue weighted by Crippen LogP contribution is 2.51. The minimum Gasteiger partial charge on any atom is -0.381 e. The van der Waals surface area contributed by atoms with Crippen molar-refractivity contribution in [1.29, 1.82) is 0 Å². The van der Waals surface area contributed by atoms with Crippen molar-refractivity contribution >= 4 is 11.4 Å². The Kier molecular flexibility index (Phi) is 13.1. The number of piperidine rings is 2. The van der Waals surface area contributed by atoms with Crippen molar-refractivity contribution in [2.75, 3.05) is 88.6 Å². The van der Waals surface area contributed by atoms with E-state index in [1.54, 1.807) is 24.8 Å². The number of benzene rings is 2. The average molecular weight is 901 g/mol. The zero-order chi connectivity index (χ0) is 44.5. The van der Waals surface area contributed by atoms with Crippen LogP contribution in [-0.2, 0) is 9.47 Å². The Morgan fingerprint density at radius 3 is 1.20 bits per heavy atom. The van der Waals surface area contributed by atoms with Crippen molar-refractivity contribution in [2.24, 2.45) is 10.8 Å². The molecule has 12 heteroatoms. The van der Waals surface area contributed by atoms with E-state index >= 15 is 0 Å². The first kappa shape index (κ1) is 44.4. The number of ether oxygens (including phenoxy) is 2. The minimum atomic E-state index is -0.0840. The standard InChI is InChI=1S/2C27H35FN4O/c2*28-22-1-2-25(21-6-11-33-12-7-21)26(13-22)20-4-9-31(10-5-20)23-3-8-27(14-23)17-32(18-27)24-15-29-19-30-16-24/h2*1-2,13,15-16,19-21,23H,3-12,14,17-18H2/t2*23-/m10/s1. The molecule has 0 radical (unpaired) electrons. The van der Waals surface area contributed by atoms with Gasteiger partial charge in [0.2, 0.25) is 0 Å². The fourth-order valence-electron chi connectivity index (χ4n) is 14.1. The van der Waals surface area contributed by atoms with Crippen molar-refractivity contribution in [3.05, 3.63) is 108 Å². The van der Waals surface area contributed by atoms with Gasteiger partial charge in [0.25, 0.3) is 0 Å². The van der Waals surface area contributed by atoms with Gasteiger partial charge >= 0.3 is 0 Å². The number of likely N-dealkylation sites (tertiary alicyclic amines) is 2. The lowest BCUT2D eigenvalue weighted by Gasteiger charge is -2.50. The van der Waals surface area contributed by atoms with E-state index < -0.39 is 0 Å². The van der Waals surface area contributed by atoms with E-state index in [9.17, 15) is 8.78 Å². The van der Waals surface area contributed by atoms with Crippen LogP contribution in [0.2, 0.25) is 0 Å². The van der Waals surface area contributed by atoms with Gasteiger partial charge in [-0.15, -0.1) is 0 Å². The summed E-state index contributed by atoms with van der Waals surface area (Å²) in [4.78, 5) is 27.0. The number of aromatic nitrogens is 4. The quantitative estimate of drug-likeness (QED) is 0.171. The Bertz CT molecular complexity index is 2060. The first-order chi connectivity index (χ1) is 32.4. The van der Waals surface area contributed by atoms with Crippen LogP contribution in [0.25, 0.3) is 0 Å². The van der Waals surface area contributed by atoms with E-state index in [1.807, 2.05) is 36.9 Å². The molecule has 2 saturated carbocycles. The fraction of sp³-hybridized carbons (Fsp3) is 0.630. The molecular formula is C54H70F2N8O2. The SMILES string of the molecule is Fc1ccc(C2CCOCC2)c(C2CCN([C@@H]3CCC4(C3)CN(c3cncnc3)C4)CC2)c1.Fc1ccc(C2CCOCC2)c(C2CCN([C@H]3CCC4(C3)CN(c3cncnc3)C4)CC2)c1. The van der Waals surface area contributed by atoms with E-state index in [-0.39, 0.29) is 11.6 Å². The van der Waals surface area contributed by atoms with Gasteiger partial charge < -0.3 is 29.1 Å². The van der Waals surface area contributed by atoms with Gasteiger partial charge in [0.1, 0.15) is 24.3 Å². The van der Waals surface area contributed by atoms with Crippen molar-refractivity contribution < 1.29 is 18.3 Å². The maximum Gasteiger partial charge on any atom is 0.123 e. The normalized spacial score (nSPS) is 26.6. The second-order valence-corrected chi connectivity index (χ2v) is 21.6. The molecule has 10 nitrogen and oxygen atoms in total. The van der Waals surface area contributed by atoms with Crippen molar-refractivity contribution in [3.63, 3.8) is 0 Å². The molecule has 0 unspecified atom stereocenters. The second-order valence-electron chi connectivity index (χ2n) is 21.6. The molecule has 0 bridgehead atoms. The van der Waals surface area contributed by atoms with E-state index in [2.05, 4.69) is 51.7 Å². The van der Waals surface area contributed by atoms with E-state index in [1.165, 1.54) is 60.8 Å². The predicted octanol–water partition coefficient (Wildman–Crippen LogP) is 9.50. The van der Waals surface area contributed by atoms with Crippen LogP contribution in [0, 0.1) is 22.5 Å². The average Bonchev–Trinajstić information content (AvgIpc) is 4.02. The van der Waals surface area contributed by atoms with Crippen molar-refractivity contribution in [2.45, 2.75) is 126 Å². The molecular weight excluding hydrogens is 831 g/mol. The first-order valence-corrected chi connectivity index (χ1v) is 25.6. The minimum absolute atomic E-state index is 0.0840. The van der Waals surface area contributed by atoms with Crippen LogP contribution >= 0.6 is 0 Å². The molecule has 2 spiro atoms. The van der Waals surface area contributed by atoms with E-state index in [4.69, 9.17) is 9.47 Å². The Morgan fingerprint density at radius 2 is 0.818 bits per heavy atom. The molecule has 6 aliphatic heterocycles.